The lowest BCUT2D eigenvalue weighted by Gasteiger charge is -2.19. The van der Waals surface area contributed by atoms with Gasteiger partial charge in [-0.25, -0.2) is 4.79 Å². The Morgan fingerprint density at radius 3 is 2.17 bits per heavy atom. The molecule has 0 saturated heterocycles. The third-order valence-electron chi connectivity index (χ3n) is 6.22. The second-order valence-corrected chi connectivity index (χ2v) is 12.2. The van der Waals surface area contributed by atoms with Gasteiger partial charge in [0, 0.05) is 21.4 Å². The van der Waals surface area contributed by atoms with E-state index in [2.05, 4.69) is 57.5 Å². The Hall–Kier alpha value is -3.96. The summed E-state index contributed by atoms with van der Waals surface area (Å²) in [6, 6.07) is 21.7. The number of carbonyl (C=O) groups is 3. The van der Waals surface area contributed by atoms with Crippen LogP contribution in [-0.4, -0.2) is 44.9 Å². The van der Waals surface area contributed by atoms with E-state index < -0.39 is 5.97 Å². The van der Waals surface area contributed by atoms with Gasteiger partial charge in [-0.3, -0.25) is 14.2 Å². The number of rotatable bonds is 10. The Bertz CT molecular complexity index is 1550. The third-order valence-corrected chi connectivity index (χ3v) is 7.68. The SMILES string of the molecule is CCOC(=O)c1ccc(NC(=O)CSc2nnc(CNC(=O)c3ccc(C(C)(C)C)cc3)n2-c2ccc(Br)cc2)cc1. The van der Waals surface area contributed by atoms with Crippen LogP contribution in [0.4, 0.5) is 5.69 Å². The predicted octanol–water partition coefficient (Wildman–Crippen LogP) is 6.16. The monoisotopic (exact) mass is 649 g/mol. The summed E-state index contributed by atoms with van der Waals surface area (Å²) in [4.78, 5) is 37.5. The number of nitrogens with zero attached hydrogens (tertiary/aromatic N) is 3. The van der Waals surface area contributed by atoms with E-state index in [0.717, 1.165) is 15.7 Å². The molecule has 0 aliphatic heterocycles. The molecule has 9 nitrogen and oxygen atoms in total. The van der Waals surface area contributed by atoms with Crippen LogP contribution in [0.2, 0.25) is 0 Å². The van der Waals surface area contributed by atoms with Crippen LogP contribution in [0.3, 0.4) is 0 Å². The summed E-state index contributed by atoms with van der Waals surface area (Å²) in [5.41, 5.74) is 3.46. The standard InChI is InChI=1S/C31H32BrN5O4S/c1-5-41-29(40)21-8-14-24(15-9-21)34-27(38)19-42-30-36-35-26(37(30)25-16-12-23(32)13-17-25)18-33-28(39)20-6-10-22(11-7-20)31(2,3)4/h6-17H,5,18-19H2,1-4H3,(H,33,39)(H,34,38). The van der Waals surface area contributed by atoms with Gasteiger partial charge in [0.05, 0.1) is 24.5 Å². The second-order valence-electron chi connectivity index (χ2n) is 10.4. The first kappa shape index (κ1) is 31.0. The fraction of sp³-hybridized carbons (Fsp3) is 0.258. The number of halogens is 1. The molecule has 2 amide bonds. The number of esters is 1. The molecule has 0 unspecified atom stereocenters. The van der Waals surface area contributed by atoms with Crippen molar-refractivity contribution in [3.63, 3.8) is 0 Å². The average molecular weight is 651 g/mol. The van der Waals surface area contributed by atoms with Gasteiger partial charge in [-0.1, -0.05) is 60.6 Å². The lowest BCUT2D eigenvalue weighted by molar-refractivity contribution is -0.113. The van der Waals surface area contributed by atoms with Crippen molar-refractivity contribution < 1.29 is 19.1 Å². The van der Waals surface area contributed by atoms with Crippen LogP contribution in [0.15, 0.2) is 82.4 Å². The Labute approximate surface area is 257 Å². The van der Waals surface area contributed by atoms with Crippen molar-refractivity contribution in [1.82, 2.24) is 20.1 Å². The molecule has 11 heteroatoms. The lowest BCUT2D eigenvalue weighted by Crippen LogP contribution is -2.25. The van der Waals surface area contributed by atoms with Crippen molar-refractivity contribution >= 4 is 51.2 Å². The molecule has 4 rings (SSSR count). The average Bonchev–Trinajstić information content (AvgIpc) is 3.38. The van der Waals surface area contributed by atoms with Crippen molar-refractivity contribution in [2.24, 2.45) is 0 Å². The Balaban J connectivity index is 1.44. The van der Waals surface area contributed by atoms with E-state index in [1.54, 1.807) is 31.2 Å². The van der Waals surface area contributed by atoms with Crippen LogP contribution in [0.25, 0.3) is 5.69 Å². The van der Waals surface area contributed by atoms with E-state index >= 15 is 0 Å². The summed E-state index contributed by atoms with van der Waals surface area (Å²) in [6.45, 7) is 8.55. The molecule has 0 aliphatic rings. The molecule has 0 fully saturated rings. The topological polar surface area (TPSA) is 115 Å². The zero-order valence-corrected chi connectivity index (χ0v) is 26.2. The molecular weight excluding hydrogens is 618 g/mol. The van der Waals surface area contributed by atoms with E-state index in [-0.39, 0.29) is 29.5 Å². The number of aromatic nitrogens is 3. The Kier molecular flexibility index (Phi) is 10.2. The van der Waals surface area contributed by atoms with Gasteiger partial charge in [-0.05, 0) is 78.6 Å². The number of hydrogen-bond acceptors (Lipinski definition) is 7. The minimum absolute atomic E-state index is 0.00415. The maximum atomic E-state index is 12.9. The minimum Gasteiger partial charge on any atom is -0.462 e. The molecule has 1 aromatic heterocycles. The molecule has 42 heavy (non-hydrogen) atoms. The second kappa shape index (κ2) is 13.8. The molecule has 0 aliphatic carbocycles. The molecule has 4 aromatic rings. The number of carbonyl (C=O) groups excluding carboxylic acids is 3. The highest BCUT2D eigenvalue weighted by atomic mass is 79.9. The van der Waals surface area contributed by atoms with Gasteiger partial charge in [0.15, 0.2) is 11.0 Å². The van der Waals surface area contributed by atoms with Crippen molar-refractivity contribution in [1.29, 1.82) is 0 Å². The van der Waals surface area contributed by atoms with E-state index in [1.807, 2.05) is 53.1 Å². The molecule has 0 atom stereocenters. The first-order valence-electron chi connectivity index (χ1n) is 13.3. The molecule has 0 radical (unpaired) electrons. The van der Waals surface area contributed by atoms with Gasteiger partial charge < -0.3 is 15.4 Å². The highest BCUT2D eigenvalue weighted by Gasteiger charge is 2.18. The smallest absolute Gasteiger partial charge is 0.338 e. The van der Waals surface area contributed by atoms with Gasteiger partial charge >= 0.3 is 5.97 Å². The van der Waals surface area contributed by atoms with E-state index in [4.69, 9.17) is 4.74 Å². The predicted molar refractivity (Wildman–Crippen MR) is 167 cm³/mol. The van der Waals surface area contributed by atoms with Gasteiger partial charge in [0.1, 0.15) is 0 Å². The largest absolute Gasteiger partial charge is 0.462 e. The maximum Gasteiger partial charge on any atom is 0.338 e. The Morgan fingerprint density at radius 1 is 0.905 bits per heavy atom. The number of ether oxygens (including phenoxy) is 1. The highest BCUT2D eigenvalue weighted by Crippen LogP contribution is 2.25. The van der Waals surface area contributed by atoms with Gasteiger partial charge in [-0.15, -0.1) is 10.2 Å². The van der Waals surface area contributed by atoms with Crippen LogP contribution in [0, 0.1) is 0 Å². The van der Waals surface area contributed by atoms with E-state index in [0.29, 0.717) is 34.4 Å². The van der Waals surface area contributed by atoms with Gasteiger partial charge in [0.2, 0.25) is 5.91 Å². The number of nitrogens with one attached hydrogen (secondary N) is 2. The van der Waals surface area contributed by atoms with Crippen LogP contribution >= 0.6 is 27.7 Å². The lowest BCUT2D eigenvalue weighted by atomic mass is 9.87. The molecule has 3 aromatic carbocycles. The molecule has 0 bridgehead atoms. The number of amides is 2. The molecule has 218 valence electrons. The molecular formula is C31H32BrN5O4S. The minimum atomic E-state index is -0.413. The first-order valence-corrected chi connectivity index (χ1v) is 15.1. The zero-order chi connectivity index (χ0) is 30.3. The van der Waals surface area contributed by atoms with Gasteiger partial charge in [0.25, 0.3) is 5.91 Å². The number of thioether (sulfide) groups is 1. The third kappa shape index (κ3) is 8.07. The highest BCUT2D eigenvalue weighted by molar-refractivity contribution is 9.10. The number of benzene rings is 3. The summed E-state index contributed by atoms with van der Waals surface area (Å²) in [7, 11) is 0. The first-order chi connectivity index (χ1) is 20.0. The summed E-state index contributed by atoms with van der Waals surface area (Å²) in [5, 5.41) is 14.9. The number of anilines is 1. The molecule has 0 spiro atoms. The van der Waals surface area contributed by atoms with Crippen molar-refractivity contribution in [3.8, 4) is 5.69 Å². The number of hydrogen-bond donors (Lipinski definition) is 2. The van der Waals surface area contributed by atoms with Crippen molar-refractivity contribution in [2.75, 3.05) is 17.7 Å². The molecule has 2 N–H and O–H groups in total. The summed E-state index contributed by atoms with van der Waals surface area (Å²) in [6.07, 6.45) is 0. The van der Waals surface area contributed by atoms with Crippen LogP contribution in [-0.2, 0) is 21.5 Å². The summed E-state index contributed by atoms with van der Waals surface area (Å²) < 4.78 is 7.72. The van der Waals surface area contributed by atoms with Crippen LogP contribution < -0.4 is 10.6 Å². The zero-order valence-electron chi connectivity index (χ0n) is 23.8. The van der Waals surface area contributed by atoms with E-state index in [1.165, 1.54) is 11.8 Å². The summed E-state index contributed by atoms with van der Waals surface area (Å²) >= 11 is 4.68. The Morgan fingerprint density at radius 2 is 1.55 bits per heavy atom. The summed E-state index contributed by atoms with van der Waals surface area (Å²) in [5.74, 6) is -0.287. The fourth-order valence-electron chi connectivity index (χ4n) is 3.97. The van der Waals surface area contributed by atoms with Crippen LogP contribution in [0.5, 0.6) is 0 Å². The normalized spacial score (nSPS) is 11.2. The maximum absolute atomic E-state index is 12.9. The van der Waals surface area contributed by atoms with Crippen LogP contribution in [0.1, 0.15) is 59.8 Å². The van der Waals surface area contributed by atoms with Gasteiger partial charge in [-0.2, -0.15) is 0 Å². The van der Waals surface area contributed by atoms with Crippen molar-refractivity contribution in [2.45, 2.75) is 44.8 Å². The van der Waals surface area contributed by atoms with E-state index in [9.17, 15) is 14.4 Å². The molecule has 0 saturated carbocycles. The van der Waals surface area contributed by atoms with Crippen molar-refractivity contribution in [3.05, 3.63) is 99.8 Å². The molecule has 1 heterocycles. The fourth-order valence-corrected chi connectivity index (χ4v) is 5.01. The quantitative estimate of drug-likeness (QED) is 0.156.